The Morgan fingerprint density at radius 3 is 2.86 bits per heavy atom. The predicted molar refractivity (Wildman–Crippen MR) is 113 cm³/mol. The highest BCUT2D eigenvalue weighted by Gasteiger charge is 2.23. The van der Waals surface area contributed by atoms with Crippen molar-refractivity contribution in [2.75, 3.05) is 17.7 Å². The Bertz CT molecular complexity index is 799. The van der Waals surface area contributed by atoms with Crippen LogP contribution in [0.3, 0.4) is 0 Å². The lowest BCUT2D eigenvalue weighted by Gasteiger charge is -2.21. The molecule has 1 heterocycles. The molecule has 3 rings (SSSR count). The van der Waals surface area contributed by atoms with E-state index in [1.54, 1.807) is 0 Å². The number of rotatable bonds is 9. The van der Waals surface area contributed by atoms with Crippen LogP contribution in [0, 0.1) is 0 Å². The van der Waals surface area contributed by atoms with Gasteiger partial charge >= 0.3 is 0 Å². The predicted octanol–water partition coefficient (Wildman–Crippen LogP) is 4.64. The summed E-state index contributed by atoms with van der Waals surface area (Å²) in [4.78, 5) is 12.5. The monoisotopic (exact) mass is 400 g/mol. The number of para-hydroxylation sites is 2. The van der Waals surface area contributed by atoms with Gasteiger partial charge in [0.2, 0.25) is 5.91 Å². The van der Waals surface area contributed by atoms with Crippen LogP contribution in [0.5, 0.6) is 5.75 Å². The molecule has 0 radical (unpaired) electrons. The fourth-order valence-electron chi connectivity index (χ4n) is 3.54. The molecule has 28 heavy (non-hydrogen) atoms. The van der Waals surface area contributed by atoms with Gasteiger partial charge in [-0.05, 0) is 31.9 Å². The number of allylic oxidation sites excluding steroid dienone is 1. The zero-order valence-corrected chi connectivity index (χ0v) is 17.2. The highest BCUT2D eigenvalue weighted by molar-refractivity contribution is 7.99. The smallest absolute Gasteiger partial charge is 0.234 e. The zero-order valence-electron chi connectivity index (χ0n) is 16.4. The Balaban J connectivity index is 1.64. The van der Waals surface area contributed by atoms with Gasteiger partial charge in [-0.3, -0.25) is 4.79 Å². The van der Waals surface area contributed by atoms with Gasteiger partial charge in [-0.1, -0.05) is 49.2 Å². The molecule has 1 aromatic carbocycles. The molecule has 0 saturated heterocycles. The molecule has 0 bridgehead atoms. The summed E-state index contributed by atoms with van der Waals surface area (Å²) < 4.78 is 7.67. The quantitative estimate of drug-likeness (QED) is 0.490. The largest absolute Gasteiger partial charge is 0.492 e. The summed E-state index contributed by atoms with van der Waals surface area (Å²) in [6, 6.07) is 7.46. The van der Waals surface area contributed by atoms with Crippen LogP contribution in [0.15, 0.2) is 42.1 Å². The number of aromatic nitrogens is 3. The van der Waals surface area contributed by atoms with E-state index >= 15 is 0 Å². The first-order chi connectivity index (χ1) is 13.7. The van der Waals surface area contributed by atoms with Gasteiger partial charge in [0.05, 0.1) is 18.0 Å². The number of nitrogens with one attached hydrogen (secondary N) is 1. The van der Waals surface area contributed by atoms with Crippen molar-refractivity contribution in [1.82, 2.24) is 14.8 Å². The van der Waals surface area contributed by atoms with E-state index in [2.05, 4.69) is 26.7 Å². The highest BCUT2D eigenvalue weighted by atomic mass is 32.2. The molecule has 0 aliphatic heterocycles. The van der Waals surface area contributed by atoms with E-state index in [-0.39, 0.29) is 11.7 Å². The summed E-state index contributed by atoms with van der Waals surface area (Å²) in [6.07, 6.45) is 7.98. The van der Waals surface area contributed by atoms with Crippen LogP contribution in [0.4, 0.5) is 5.69 Å². The fraction of sp³-hybridized carbons (Fsp3) is 0.476. The second-order valence-electron chi connectivity index (χ2n) is 6.84. The van der Waals surface area contributed by atoms with Crippen molar-refractivity contribution in [1.29, 1.82) is 0 Å². The summed E-state index contributed by atoms with van der Waals surface area (Å²) >= 11 is 1.41. The number of thioether (sulfide) groups is 1. The van der Waals surface area contributed by atoms with E-state index in [0.29, 0.717) is 30.5 Å². The maximum atomic E-state index is 12.5. The van der Waals surface area contributed by atoms with Gasteiger partial charge in [0.25, 0.3) is 0 Å². The molecular formula is C21H28N4O2S. The molecule has 7 heteroatoms. The average Bonchev–Trinajstić information content (AvgIpc) is 3.12. The summed E-state index contributed by atoms with van der Waals surface area (Å²) in [5.74, 6) is 2.34. The van der Waals surface area contributed by atoms with Gasteiger partial charge in [-0.2, -0.15) is 0 Å². The van der Waals surface area contributed by atoms with Gasteiger partial charge < -0.3 is 14.6 Å². The average molecular weight is 401 g/mol. The molecule has 0 unspecified atom stereocenters. The van der Waals surface area contributed by atoms with Crippen LogP contribution < -0.4 is 10.1 Å². The maximum absolute atomic E-state index is 12.5. The minimum Gasteiger partial charge on any atom is -0.492 e. The molecule has 1 aromatic heterocycles. The van der Waals surface area contributed by atoms with Crippen molar-refractivity contribution in [2.45, 2.75) is 56.6 Å². The second kappa shape index (κ2) is 10.3. The summed E-state index contributed by atoms with van der Waals surface area (Å²) in [6.45, 7) is 7.00. The molecule has 1 amide bonds. The van der Waals surface area contributed by atoms with Crippen LogP contribution in [0.1, 0.15) is 50.8 Å². The van der Waals surface area contributed by atoms with Crippen molar-refractivity contribution in [3.8, 4) is 5.75 Å². The van der Waals surface area contributed by atoms with Crippen LogP contribution in [0.25, 0.3) is 0 Å². The highest BCUT2D eigenvalue weighted by Crippen LogP contribution is 2.33. The summed E-state index contributed by atoms with van der Waals surface area (Å²) in [5, 5.41) is 12.5. The summed E-state index contributed by atoms with van der Waals surface area (Å²) in [7, 11) is 0. The minimum atomic E-state index is -0.0930. The van der Waals surface area contributed by atoms with Crippen molar-refractivity contribution >= 4 is 23.4 Å². The second-order valence-corrected chi connectivity index (χ2v) is 7.78. The van der Waals surface area contributed by atoms with Crippen LogP contribution >= 0.6 is 11.8 Å². The van der Waals surface area contributed by atoms with Gasteiger partial charge in [-0.15, -0.1) is 16.8 Å². The van der Waals surface area contributed by atoms with Crippen molar-refractivity contribution in [3.63, 3.8) is 0 Å². The molecule has 1 saturated carbocycles. The van der Waals surface area contributed by atoms with E-state index in [9.17, 15) is 4.79 Å². The Morgan fingerprint density at radius 1 is 1.32 bits per heavy atom. The standard InChI is InChI=1S/C21H28N4O2S/c1-3-14-25-20(16-10-6-5-7-11-16)23-24-21(25)28-15-19(26)22-17-12-8-9-13-18(17)27-4-2/h3,8-9,12-13,16H,1,4-7,10-11,14-15H2,2H3,(H,22,26). The van der Waals surface area contributed by atoms with Crippen molar-refractivity contribution in [3.05, 3.63) is 42.7 Å². The van der Waals surface area contributed by atoms with Crippen LogP contribution in [0.2, 0.25) is 0 Å². The van der Waals surface area contributed by atoms with Crippen LogP contribution in [-0.4, -0.2) is 33.0 Å². The summed E-state index contributed by atoms with van der Waals surface area (Å²) in [5.41, 5.74) is 0.686. The molecule has 6 nitrogen and oxygen atoms in total. The number of ether oxygens (including phenoxy) is 1. The van der Waals surface area contributed by atoms with Crippen molar-refractivity contribution in [2.24, 2.45) is 0 Å². The zero-order chi connectivity index (χ0) is 19.8. The SMILES string of the molecule is C=CCn1c(SCC(=O)Nc2ccccc2OCC)nnc1C1CCCCC1. The topological polar surface area (TPSA) is 69.0 Å². The number of hydrogen-bond donors (Lipinski definition) is 1. The van der Waals surface area contributed by atoms with Crippen LogP contribution in [-0.2, 0) is 11.3 Å². The van der Waals surface area contributed by atoms with Gasteiger partial charge in [-0.25, -0.2) is 0 Å². The maximum Gasteiger partial charge on any atom is 0.234 e. The third-order valence-corrected chi connectivity index (χ3v) is 5.79. The van der Waals surface area contributed by atoms with E-state index in [4.69, 9.17) is 4.74 Å². The first-order valence-electron chi connectivity index (χ1n) is 9.91. The molecule has 2 aromatic rings. The molecule has 150 valence electrons. The Kier molecular flexibility index (Phi) is 7.54. The molecular weight excluding hydrogens is 372 g/mol. The number of amides is 1. The van der Waals surface area contributed by atoms with E-state index < -0.39 is 0 Å². The lowest BCUT2D eigenvalue weighted by molar-refractivity contribution is -0.113. The Labute approximate surface area is 170 Å². The van der Waals surface area contributed by atoms with E-state index in [0.717, 1.165) is 23.8 Å². The lowest BCUT2D eigenvalue weighted by atomic mass is 9.89. The Hall–Kier alpha value is -2.28. The molecule has 1 aliphatic carbocycles. The minimum absolute atomic E-state index is 0.0930. The third-order valence-electron chi connectivity index (χ3n) is 4.82. The fourth-order valence-corrected chi connectivity index (χ4v) is 4.29. The van der Waals surface area contributed by atoms with Gasteiger partial charge in [0.1, 0.15) is 11.6 Å². The number of carbonyl (C=O) groups is 1. The van der Waals surface area contributed by atoms with E-state index in [1.165, 1.54) is 31.0 Å². The number of anilines is 1. The molecule has 1 N–H and O–H groups in total. The van der Waals surface area contributed by atoms with Crippen molar-refractivity contribution < 1.29 is 9.53 Å². The molecule has 0 atom stereocenters. The number of benzene rings is 1. The van der Waals surface area contributed by atoms with Gasteiger partial charge in [0, 0.05) is 12.5 Å². The third kappa shape index (κ3) is 5.16. The number of carbonyl (C=O) groups excluding carboxylic acids is 1. The molecule has 0 spiro atoms. The number of nitrogens with zero attached hydrogens (tertiary/aromatic N) is 3. The first kappa shape index (κ1) is 20.5. The normalized spacial score (nSPS) is 14.6. The van der Waals surface area contributed by atoms with E-state index in [1.807, 2.05) is 37.3 Å². The molecule has 1 aliphatic rings. The first-order valence-corrected chi connectivity index (χ1v) is 10.9. The number of hydrogen-bond acceptors (Lipinski definition) is 5. The van der Waals surface area contributed by atoms with Gasteiger partial charge in [0.15, 0.2) is 5.16 Å². The molecule has 1 fully saturated rings. The Morgan fingerprint density at radius 2 is 2.11 bits per heavy atom. The lowest BCUT2D eigenvalue weighted by Crippen LogP contribution is -2.16.